The van der Waals surface area contributed by atoms with Crippen molar-refractivity contribution < 1.29 is 12.6 Å². The highest BCUT2D eigenvalue weighted by Crippen LogP contribution is 2.38. The predicted molar refractivity (Wildman–Crippen MR) is 49.8 cm³/mol. The summed E-state index contributed by atoms with van der Waals surface area (Å²) in [5.74, 6) is 0. The molecule has 1 fully saturated rings. The van der Waals surface area contributed by atoms with E-state index in [2.05, 4.69) is 4.72 Å². The summed E-state index contributed by atoms with van der Waals surface area (Å²) in [6.45, 7) is 0. The van der Waals surface area contributed by atoms with Crippen molar-refractivity contribution in [2.45, 2.75) is 18.6 Å². The van der Waals surface area contributed by atoms with Crippen LogP contribution < -0.4 is 4.72 Å². The first-order chi connectivity index (χ1) is 6.66. The van der Waals surface area contributed by atoms with Gasteiger partial charge in [0.15, 0.2) is 0 Å². The number of hydrogen-bond donors (Lipinski definition) is 1. The molecule has 4 nitrogen and oxygen atoms in total. The lowest BCUT2D eigenvalue weighted by molar-refractivity contribution is 0.229. The Morgan fingerprint density at radius 1 is 1.36 bits per heavy atom. The van der Waals surface area contributed by atoms with Crippen molar-refractivity contribution >= 4 is 10.3 Å². The van der Waals surface area contributed by atoms with Crippen LogP contribution in [0.2, 0.25) is 0 Å². The molecule has 0 spiro atoms. The van der Waals surface area contributed by atoms with Gasteiger partial charge in [-0.05, 0) is 11.1 Å². The van der Waals surface area contributed by atoms with E-state index in [1.807, 2.05) is 24.3 Å². The molecule has 0 bridgehead atoms. The van der Waals surface area contributed by atoms with Gasteiger partial charge in [-0.15, -0.1) is 0 Å². The van der Waals surface area contributed by atoms with Crippen molar-refractivity contribution in [3.05, 3.63) is 35.4 Å². The van der Waals surface area contributed by atoms with E-state index in [1.54, 1.807) is 0 Å². The Hall–Kier alpha value is -0.910. The van der Waals surface area contributed by atoms with E-state index in [1.165, 1.54) is 5.56 Å². The zero-order valence-corrected chi connectivity index (χ0v) is 8.12. The number of benzene rings is 1. The Bertz CT molecular complexity index is 483. The number of fused-ring (bicyclic) bond motifs is 3. The maximum absolute atomic E-state index is 11.1. The third-order valence-electron chi connectivity index (χ3n) is 2.70. The van der Waals surface area contributed by atoms with E-state index in [0.29, 0.717) is 6.42 Å². The van der Waals surface area contributed by atoms with Gasteiger partial charge in [0.25, 0.3) is 0 Å². The smallest absolute Gasteiger partial charge is 0.252 e. The summed E-state index contributed by atoms with van der Waals surface area (Å²) >= 11 is 0. The highest BCUT2D eigenvalue weighted by molar-refractivity contribution is 7.85. The molecule has 1 heterocycles. The minimum absolute atomic E-state index is 0.184. The van der Waals surface area contributed by atoms with Crippen LogP contribution in [-0.2, 0) is 20.9 Å². The zero-order valence-electron chi connectivity index (χ0n) is 7.30. The summed E-state index contributed by atoms with van der Waals surface area (Å²) < 4.78 is 29.7. The maximum Gasteiger partial charge on any atom is 0.336 e. The van der Waals surface area contributed by atoms with Gasteiger partial charge in [-0.2, -0.15) is 13.1 Å². The van der Waals surface area contributed by atoms with Crippen molar-refractivity contribution in [3.63, 3.8) is 0 Å². The Labute approximate surface area is 82.1 Å². The molecule has 1 aliphatic heterocycles. The second-order valence-corrected chi connectivity index (χ2v) is 4.92. The van der Waals surface area contributed by atoms with E-state index < -0.39 is 10.3 Å². The van der Waals surface area contributed by atoms with E-state index in [9.17, 15) is 8.42 Å². The lowest BCUT2D eigenvalue weighted by Crippen LogP contribution is -2.19. The quantitative estimate of drug-likeness (QED) is 0.680. The van der Waals surface area contributed by atoms with E-state index in [0.717, 1.165) is 5.56 Å². The average Bonchev–Trinajstić information content (AvgIpc) is 2.56. The van der Waals surface area contributed by atoms with Crippen molar-refractivity contribution in [3.8, 4) is 0 Å². The first-order valence-corrected chi connectivity index (χ1v) is 5.85. The lowest BCUT2D eigenvalue weighted by Gasteiger charge is -2.04. The fraction of sp³-hybridized carbons (Fsp3) is 0.333. The summed E-state index contributed by atoms with van der Waals surface area (Å²) in [6.07, 6.45) is 0.421. The minimum Gasteiger partial charge on any atom is -0.252 e. The molecule has 1 saturated heterocycles. The molecule has 74 valence electrons. The molecule has 0 unspecified atom stereocenters. The summed E-state index contributed by atoms with van der Waals surface area (Å²) in [4.78, 5) is 0. The number of rotatable bonds is 0. The molecule has 1 aromatic carbocycles. The Balaban J connectivity index is 2.08. The largest absolute Gasteiger partial charge is 0.336 e. The van der Waals surface area contributed by atoms with Gasteiger partial charge in [-0.3, -0.25) is 4.18 Å². The van der Waals surface area contributed by atoms with E-state index in [4.69, 9.17) is 4.18 Å². The third kappa shape index (κ3) is 1.10. The SMILES string of the molecule is O=S1(=O)N[C@H]2c3ccccc3C[C@@H]2O1. The summed E-state index contributed by atoms with van der Waals surface area (Å²) in [5, 5.41) is 0. The van der Waals surface area contributed by atoms with Crippen LogP contribution in [0, 0.1) is 0 Å². The monoisotopic (exact) mass is 211 g/mol. The summed E-state index contributed by atoms with van der Waals surface area (Å²) in [6, 6.07) is 7.63. The average molecular weight is 211 g/mol. The molecule has 0 aromatic heterocycles. The zero-order chi connectivity index (χ0) is 9.76. The fourth-order valence-corrected chi connectivity index (χ4v) is 3.28. The molecule has 14 heavy (non-hydrogen) atoms. The van der Waals surface area contributed by atoms with Crippen LogP contribution in [0.3, 0.4) is 0 Å². The van der Waals surface area contributed by atoms with Crippen LogP contribution in [-0.4, -0.2) is 14.5 Å². The highest BCUT2D eigenvalue weighted by Gasteiger charge is 2.44. The molecule has 0 saturated carbocycles. The van der Waals surface area contributed by atoms with Gasteiger partial charge in [0.1, 0.15) is 6.10 Å². The highest BCUT2D eigenvalue weighted by atomic mass is 32.2. The van der Waals surface area contributed by atoms with Gasteiger partial charge in [-0.25, -0.2) is 0 Å². The van der Waals surface area contributed by atoms with E-state index in [-0.39, 0.29) is 12.1 Å². The maximum atomic E-state index is 11.1. The van der Waals surface area contributed by atoms with Gasteiger partial charge in [-0.1, -0.05) is 24.3 Å². The molecular weight excluding hydrogens is 202 g/mol. The van der Waals surface area contributed by atoms with Crippen LogP contribution in [0.15, 0.2) is 24.3 Å². The fourth-order valence-electron chi connectivity index (χ4n) is 2.13. The number of hydrogen-bond acceptors (Lipinski definition) is 3. The van der Waals surface area contributed by atoms with Crippen molar-refractivity contribution in [2.24, 2.45) is 0 Å². The first kappa shape index (κ1) is 8.40. The van der Waals surface area contributed by atoms with Crippen LogP contribution >= 0.6 is 0 Å². The second kappa shape index (κ2) is 2.56. The Kier molecular flexibility index (Phi) is 1.54. The second-order valence-electron chi connectivity index (χ2n) is 3.59. The van der Waals surface area contributed by atoms with Gasteiger partial charge < -0.3 is 0 Å². The molecule has 5 heteroatoms. The van der Waals surface area contributed by atoms with Gasteiger partial charge >= 0.3 is 10.3 Å². The standard InChI is InChI=1S/C9H9NO3S/c11-14(12)10-9-7-4-2-1-3-6(7)5-8(9)13-14/h1-4,8-10H,5H2/t8-,9-/m0/s1. The molecule has 0 radical (unpaired) electrons. The van der Waals surface area contributed by atoms with Crippen LogP contribution in [0.25, 0.3) is 0 Å². The molecule has 1 aliphatic carbocycles. The van der Waals surface area contributed by atoms with Gasteiger partial charge in [0.05, 0.1) is 6.04 Å². The minimum atomic E-state index is -3.50. The third-order valence-corrected chi connectivity index (χ3v) is 3.75. The van der Waals surface area contributed by atoms with Crippen LogP contribution in [0.5, 0.6) is 0 Å². The van der Waals surface area contributed by atoms with Crippen molar-refractivity contribution in [1.29, 1.82) is 0 Å². The molecule has 2 atom stereocenters. The van der Waals surface area contributed by atoms with E-state index >= 15 is 0 Å². The summed E-state index contributed by atoms with van der Waals surface area (Å²) in [5.41, 5.74) is 2.21. The van der Waals surface area contributed by atoms with Gasteiger partial charge in [0, 0.05) is 6.42 Å². The molecular formula is C9H9NO3S. The molecule has 1 aromatic rings. The summed E-state index contributed by atoms with van der Waals surface area (Å²) in [7, 11) is -3.50. The molecule has 3 rings (SSSR count). The molecule has 1 N–H and O–H groups in total. The number of nitrogens with one attached hydrogen (secondary N) is 1. The van der Waals surface area contributed by atoms with Crippen molar-refractivity contribution in [2.75, 3.05) is 0 Å². The molecule has 2 aliphatic rings. The van der Waals surface area contributed by atoms with Crippen LogP contribution in [0.1, 0.15) is 17.2 Å². The normalized spacial score (nSPS) is 32.6. The van der Waals surface area contributed by atoms with Gasteiger partial charge in [0.2, 0.25) is 0 Å². The molecule has 0 amide bonds. The predicted octanol–water partition coefficient (Wildman–Crippen LogP) is 0.517. The topological polar surface area (TPSA) is 55.4 Å². The lowest BCUT2D eigenvalue weighted by atomic mass is 10.1. The Morgan fingerprint density at radius 3 is 3.00 bits per heavy atom. The van der Waals surface area contributed by atoms with Crippen LogP contribution in [0.4, 0.5) is 0 Å². The first-order valence-electron chi connectivity index (χ1n) is 4.44. The Morgan fingerprint density at radius 2 is 2.14 bits per heavy atom. The van der Waals surface area contributed by atoms with Crippen molar-refractivity contribution in [1.82, 2.24) is 4.72 Å².